The van der Waals surface area contributed by atoms with Gasteiger partial charge in [0.1, 0.15) is 23.3 Å². The highest BCUT2D eigenvalue weighted by molar-refractivity contribution is 6.34. The fraction of sp³-hybridized carbons (Fsp3) is 0.143. The van der Waals surface area contributed by atoms with Crippen molar-refractivity contribution in [2.24, 2.45) is 0 Å². The predicted molar refractivity (Wildman–Crippen MR) is 76.3 cm³/mol. The van der Waals surface area contributed by atoms with E-state index in [1.807, 2.05) is 6.07 Å². The molecule has 0 saturated carbocycles. The summed E-state index contributed by atoms with van der Waals surface area (Å²) >= 11 is 11.8. The van der Waals surface area contributed by atoms with Gasteiger partial charge in [0.05, 0.1) is 23.8 Å². The van der Waals surface area contributed by atoms with Gasteiger partial charge in [-0.25, -0.2) is 4.98 Å². The van der Waals surface area contributed by atoms with Gasteiger partial charge in [-0.2, -0.15) is 5.26 Å². The molecule has 0 fully saturated rings. The van der Waals surface area contributed by atoms with Crippen molar-refractivity contribution in [3.8, 4) is 17.6 Å². The first kappa shape index (κ1) is 14.4. The second kappa shape index (κ2) is 6.47. The van der Waals surface area contributed by atoms with Gasteiger partial charge in [0, 0.05) is 17.8 Å². The molecular formula is C14H10Cl2N2O2. The van der Waals surface area contributed by atoms with Gasteiger partial charge in [0.25, 0.3) is 0 Å². The highest BCUT2D eigenvalue weighted by Crippen LogP contribution is 2.25. The number of nitrogens with zero attached hydrogens (tertiary/aromatic N) is 2. The Balaban J connectivity index is 2.16. The Hall–Kier alpha value is -1.96. The lowest BCUT2D eigenvalue weighted by Gasteiger charge is -2.09. The lowest BCUT2D eigenvalue weighted by Crippen LogP contribution is -1.98. The molecule has 1 aromatic carbocycles. The Morgan fingerprint density at radius 2 is 1.95 bits per heavy atom. The van der Waals surface area contributed by atoms with E-state index in [1.165, 1.54) is 7.11 Å². The van der Waals surface area contributed by atoms with Crippen molar-refractivity contribution in [1.82, 2.24) is 4.98 Å². The third-order valence-corrected chi connectivity index (χ3v) is 3.09. The predicted octanol–water partition coefficient (Wildman–Crippen LogP) is 3.85. The first-order valence-corrected chi connectivity index (χ1v) is 6.40. The molecule has 1 aromatic heterocycles. The lowest BCUT2D eigenvalue weighted by molar-refractivity contribution is 0.303. The average Bonchev–Trinajstić information content (AvgIpc) is 2.46. The molecule has 0 unspecified atom stereocenters. The largest absolute Gasteiger partial charge is 0.497 e. The molecule has 0 spiro atoms. The summed E-state index contributed by atoms with van der Waals surface area (Å²) in [4.78, 5) is 3.94. The molecule has 0 atom stereocenters. The molecule has 0 saturated heterocycles. The average molecular weight is 309 g/mol. The van der Waals surface area contributed by atoms with E-state index in [1.54, 1.807) is 30.5 Å². The van der Waals surface area contributed by atoms with Crippen molar-refractivity contribution in [1.29, 1.82) is 5.26 Å². The highest BCUT2D eigenvalue weighted by atomic mass is 35.5. The molecule has 1 heterocycles. The van der Waals surface area contributed by atoms with E-state index in [9.17, 15) is 0 Å². The van der Waals surface area contributed by atoms with Crippen LogP contribution in [0.5, 0.6) is 11.5 Å². The van der Waals surface area contributed by atoms with Crippen molar-refractivity contribution in [2.45, 2.75) is 6.61 Å². The maximum Gasteiger partial charge on any atom is 0.130 e. The number of hydrogen-bond acceptors (Lipinski definition) is 4. The van der Waals surface area contributed by atoms with Crippen LogP contribution in [-0.4, -0.2) is 12.1 Å². The molecule has 2 aromatic rings. The van der Waals surface area contributed by atoms with Gasteiger partial charge in [-0.05, 0) is 18.2 Å². The molecule has 102 valence electrons. The minimum Gasteiger partial charge on any atom is -0.497 e. The van der Waals surface area contributed by atoms with Crippen LogP contribution in [0.4, 0.5) is 0 Å². The fourth-order valence-electron chi connectivity index (χ4n) is 1.54. The molecule has 0 aliphatic heterocycles. The van der Waals surface area contributed by atoms with Crippen molar-refractivity contribution in [3.05, 3.63) is 51.8 Å². The van der Waals surface area contributed by atoms with Gasteiger partial charge >= 0.3 is 0 Å². The molecule has 2 rings (SSSR count). The third-order valence-electron chi connectivity index (χ3n) is 2.54. The molecule has 0 aliphatic carbocycles. The zero-order valence-electron chi connectivity index (χ0n) is 10.6. The zero-order valence-corrected chi connectivity index (χ0v) is 12.1. The molecule has 6 heteroatoms. The SMILES string of the molecule is COc1cc(C#N)cc(OCc2cnc(Cl)cc2Cl)c1. The molecule has 0 N–H and O–H groups in total. The van der Waals surface area contributed by atoms with Gasteiger partial charge in [0.2, 0.25) is 0 Å². The van der Waals surface area contributed by atoms with E-state index in [2.05, 4.69) is 4.98 Å². The number of rotatable bonds is 4. The number of ether oxygens (including phenoxy) is 2. The number of pyridine rings is 1. The van der Waals surface area contributed by atoms with E-state index in [0.29, 0.717) is 32.8 Å². The second-order valence-corrected chi connectivity index (χ2v) is 4.69. The minimum absolute atomic E-state index is 0.223. The van der Waals surface area contributed by atoms with E-state index in [4.69, 9.17) is 37.9 Å². The Morgan fingerprint density at radius 3 is 2.60 bits per heavy atom. The van der Waals surface area contributed by atoms with Crippen LogP contribution in [-0.2, 0) is 6.61 Å². The van der Waals surface area contributed by atoms with Crippen LogP contribution in [0.3, 0.4) is 0 Å². The minimum atomic E-state index is 0.223. The van der Waals surface area contributed by atoms with Gasteiger partial charge in [-0.15, -0.1) is 0 Å². The van der Waals surface area contributed by atoms with Crippen LogP contribution in [0.2, 0.25) is 10.2 Å². The van der Waals surface area contributed by atoms with Crippen LogP contribution in [0.1, 0.15) is 11.1 Å². The van der Waals surface area contributed by atoms with Crippen molar-refractivity contribution >= 4 is 23.2 Å². The molecule has 0 bridgehead atoms. The smallest absolute Gasteiger partial charge is 0.130 e. The quantitative estimate of drug-likeness (QED) is 0.805. The maximum atomic E-state index is 8.94. The first-order valence-electron chi connectivity index (χ1n) is 5.64. The summed E-state index contributed by atoms with van der Waals surface area (Å²) < 4.78 is 10.7. The van der Waals surface area contributed by atoms with Crippen molar-refractivity contribution < 1.29 is 9.47 Å². The number of benzene rings is 1. The molecular weight excluding hydrogens is 299 g/mol. The molecule has 0 radical (unpaired) electrons. The summed E-state index contributed by atoms with van der Waals surface area (Å²) in [6.07, 6.45) is 1.55. The lowest BCUT2D eigenvalue weighted by atomic mass is 10.2. The number of aromatic nitrogens is 1. The monoisotopic (exact) mass is 308 g/mol. The van der Waals surface area contributed by atoms with Crippen LogP contribution in [0, 0.1) is 11.3 Å². The van der Waals surface area contributed by atoms with Gasteiger partial charge in [-0.1, -0.05) is 23.2 Å². The fourth-order valence-corrected chi connectivity index (χ4v) is 1.96. The Bertz CT molecular complexity index is 669. The topological polar surface area (TPSA) is 55.1 Å². The van der Waals surface area contributed by atoms with E-state index in [-0.39, 0.29) is 6.61 Å². The summed E-state index contributed by atoms with van der Waals surface area (Å²) in [5, 5.41) is 9.74. The third kappa shape index (κ3) is 3.53. The van der Waals surface area contributed by atoms with Crippen molar-refractivity contribution in [3.63, 3.8) is 0 Å². The normalized spacial score (nSPS) is 9.90. The number of halogens is 2. The summed E-state index contributed by atoms with van der Waals surface area (Å²) in [6.45, 7) is 0.223. The standard InChI is InChI=1S/C14H10Cl2N2O2/c1-19-11-2-9(6-17)3-12(4-11)20-8-10-7-18-14(16)5-13(10)15/h2-5,7H,8H2,1H3. The Morgan fingerprint density at radius 1 is 1.20 bits per heavy atom. The Kier molecular flexibility index (Phi) is 4.67. The summed E-state index contributed by atoms with van der Waals surface area (Å²) in [6, 6.07) is 8.54. The van der Waals surface area contributed by atoms with E-state index >= 15 is 0 Å². The Labute approximate surface area is 126 Å². The first-order chi connectivity index (χ1) is 9.62. The highest BCUT2D eigenvalue weighted by Gasteiger charge is 2.06. The number of nitriles is 1. The second-order valence-electron chi connectivity index (χ2n) is 3.90. The van der Waals surface area contributed by atoms with Gasteiger partial charge in [-0.3, -0.25) is 0 Å². The van der Waals surface area contributed by atoms with Gasteiger partial charge in [0.15, 0.2) is 0 Å². The molecule has 0 amide bonds. The van der Waals surface area contributed by atoms with E-state index in [0.717, 1.165) is 0 Å². The maximum absolute atomic E-state index is 8.94. The van der Waals surface area contributed by atoms with Crippen LogP contribution < -0.4 is 9.47 Å². The summed E-state index contributed by atoms with van der Waals surface area (Å²) in [5.74, 6) is 1.08. The van der Waals surface area contributed by atoms with Crippen LogP contribution in [0.25, 0.3) is 0 Å². The zero-order chi connectivity index (χ0) is 14.5. The molecule has 4 nitrogen and oxygen atoms in total. The number of methoxy groups -OCH3 is 1. The van der Waals surface area contributed by atoms with Gasteiger partial charge < -0.3 is 9.47 Å². The van der Waals surface area contributed by atoms with Crippen LogP contribution >= 0.6 is 23.2 Å². The molecule has 0 aliphatic rings. The number of hydrogen-bond donors (Lipinski definition) is 0. The van der Waals surface area contributed by atoms with Crippen LogP contribution in [0.15, 0.2) is 30.5 Å². The summed E-state index contributed by atoms with van der Waals surface area (Å²) in [5.41, 5.74) is 1.16. The molecule has 20 heavy (non-hydrogen) atoms. The summed E-state index contributed by atoms with van der Waals surface area (Å²) in [7, 11) is 1.53. The van der Waals surface area contributed by atoms with Crippen molar-refractivity contribution in [2.75, 3.05) is 7.11 Å². The van der Waals surface area contributed by atoms with E-state index < -0.39 is 0 Å².